The van der Waals surface area contributed by atoms with E-state index in [4.69, 9.17) is 9.47 Å². The molecule has 0 aromatic heterocycles. The maximum absolute atomic E-state index is 13.3. The number of rotatable bonds is 6. The first kappa shape index (κ1) is 21.4. The van der Waals surface area contributed by atoms with E-state index < -0.39 is 24.2 Å². The summed E-state index contributed by atoms with van der Waals surface area (Å²) in [5.41, 5.74) is 1.01. The Hall–Kier alpha value is -2.85. The smallest absolute Gasteiger partial charge is 0.328 e. The number of urea groups is 1. The summed E-state index contributed by atoms with van der Waals surface area (Å²) in [5.74, 6) is -0.152. The molecule has 3 unspecified atom stereocenters. The molecule has 3 atom stereocenters. The molecule has 1 N–H and O–H groups in total. The molecule has 31 heavy (non-hydrogen) atoms. The van der Waals surface area contributed by atoms with Gasteiger partial charge in [0.05, 0.1) is 13.2 Å². The second-order valence-electron chi connectivity index (χ2n) is 7.76. The maximum Gasteiger partial charge on any atom is 0.328 e. The fraction of sp³-hybridized carbons (Fsp3) is 0.571. The van der Waals surface area contributed by atoms with Crippen molar-refractivity contribution in [2.75, 3.05) is 44.8 Å². The molecule has 10 nitrogen and oxygen atoms in total. The highest BCUT2D eigenvalue weighted by molar-refractivity contribution is 6.02. The lowest BCUT2D eigenvalue weighted by atomic mass is 10.1. The lowest BCUT2D eigenvalue weighted by Crippen LogP contribution is -2.67. The number of carbonyl (C=O) groups excluding carboxylic acids is 3. The molecule has 0 aliphatic carbocycles. The topological polar surface area (TPSA) is 94.7 Å². The van der Waals surface area contributed by atoms with Crippen molar-refractivity contribution in [2.45, 2.75) is 38.8 Å². The van der Waals surface area contributed by atoms with Gasteiger partial charge in [-0.2, -0.15) is 0 Å². The van der Waals surface area contributed by atoms with Crippen molar-refractivity contribution >= 4 is 23.6 Å². The number of ether oxygens (including phenoxy) is 2. The molecule has 10 heteroatoms. The Balaban J connectivity index is 1.57. The van der Waals surface area contributed by atoms with Crippen LogP contribution in [0.15, 0.2) is 24.3 Å². The third-order valence-corrected chi connectivity index (χ3v) is 5.94. The number of hydrogen-bond acceptors (Lipinski definition) is 8. The number of anilines is 1. The molecule has 1 aromatic carbocycles. The Morgan fingerprint density at radius 3 is 2.55 bits per heavy atom. The van der Waals surface area contributed by atoms with Crippen LogP contribution in [0.3, 0.4) is 0 Å². The molecule has 3 saturated heterocycles. The Morgan fingerprint density at radius 2 is 1.87 bits per heavy atom. The van der Waals surface area contributed by atoms with Crippen LogP contribution < -0.4 is 15.0 Å². The minimum absolute atomic E-state index is 0.198. The average Bonchev–Trinajstić information content (AvgIpc) is 3.16. The number of fused-ring (bicyclic) bond motifs is 3. The van der Waals surface area contributed by atoms with Gasteiger partial charge >= 0.3 is 12.0 Å². The second kappa shape index (κ2) is 8.72. The molecule has 4 rings (SSSR count). The quantitative estimate of drug-likeness (QED) is 0.656. The van der Waals surface area contributed by atoms with E-state index in [2.05, 4.69) is 15.1 Å². The van der Waals surface area contributed by atoms with Gasteiger partial charge in [-0.1, -0.05) is 0 Å². The van der Waals surface area contributed by atoms with Crippen molar-refractivity contribution in [1.29, 1.82) is 0 Å². The molecule has 168 valence electrons. The summed E-state index contributed by atoms with van der Waals surface area (Å²) in [6.07, 6.45) is 0.174. The van der Waals surface area contributed by atoms with E-state index in [1.165, 1.54) is 4.90 Å². The van der Waals surface area contributed by atoms with Crippen molar-refractivity contribution in [1.82, 2.24) is 20.0 Å². The van der Waals surface area contributed by atoms with E-state index in [0.29, 0.717) is 13.2 Å². The molecule has 3 amide bonds. The summed E-state index contributed by atoms with van der Waals surface area (Å²) in [6, 6.07) is 6.81. The second-order valence-corrected chi connectivity index (χ2v) is 7.76. The largest absolute Gasteiger partial charge is 0.494 e. The van der Waals surface area contributed by atoms with Crippen LogP contribution in [0.4, 0.5) is 10.5 Å². The number of imide groups is 1. The first-order valence-electron chi connectivity index (χ1n) is 10.7. The molecule has 0 radical (unpaired) electrons. The molecule has 3 aliphatic rings. The summed E-state index contributed by atoms with van der Waals surface area (Å²) in [7, 11) is 1.65. The third kappa shape index (κ3) is 3.81. The van der Waals surface area contributed by atoms with Gasteiger partial charge in [0.25, 0.3) is 5.91 Å². The lowest BCUT2D eigenvalue weighted by molar-refractivity contribution is -0.151. The van der Waals surface area contributed by atoms with Gasteiger partial charge in [-0.3, -0.25) is 24.7 Å². The van der Waals surface area contributed by atoms with E-state index in [9.17, 15) is 14.4 Å². The molecular formula is C21H29N5O5. The molecule has 0 saturated carbocycles. The predicted octanol–water partition coefficient (Wildman–Crippen LogP) is 0.636. The van der Waals surface area contributed by atoms with Gasteiger partial charge in [-0.25, -0.2) is 4.79 Å². The van der Waals surface area contributed by atoms with Crippen LogP contribution in [0.5, 0.6) is 5.75 Å². The molecule has 1 aromatic rings. The first-order chi connectivity index (χ1) is 15.0. The SMILES string of the molecule is CCOC(=O)CN1C(=O)C2C(NC3N(c4ccc(OCC)cc4)CCCN23)N(C)C1=O. The zero-order valence-corrected chi connectivity index (χ0v) is 18.1. The van der Waals surface area contributed by atoms with Crippen molar-refractivity contribution in [3.05, 3.63) is 24.3 Å². The molecule has 3 fully saturated rings. The van der Waals surface area contributed by atoms with Gasteiger partial charge in [-0.15, -0.1) is 0 Å². The number of amides is 3. The van der Waals surface area contributed by atoms with Gasteiger partial charge in [-0.05, 0) is 44.5 Å². The highest BCUT2D eigenvalue weighted by atomic mass is 16.5. The maximum atomic E-state index is 13.3. The van der Waals surface area contributed by atoms with E-state index in [1.807, 2.05) is 31.2 Å². The zero-order chi connectivity index (χ0) is 22.1. The van der Waals surface area contributed by atoms with Crippen molar-refractivity contribution in [3.8, 4) is 5.75 Å². The highest BCUT2D eigenvalue weighted by Gasteiger charge is 2.56. The fourth-order valence-corrected chi connectivity index (χ4v) is 4.57. The summed E-state index contributed by atoms with van der Waals surface area (Å²) in [5, 5.41) is 3.45. The number of nitrogens with zero attached hydrogens (tertiary/aromatic N) is 4. The van der Waals surface area contributed by atoms with E-state index in [1.54, 1.807) is 14.0 Å². The lowest BCUT2D eigenvalue weighted by Gasteiger charge is -2.43. The van der Waals surface area contributed by atoms with Crippen LogP contribution in [0.1, 0.15) is 20.3 Å². The molecule has 0 bridgehead atoms. The summed E-state index contributed by atoms with van der Waals surface area (Å²) in [6.45, 7) is 5.60. The van der Waals surface area contributed by atoms with Gasteiger partial charge < -0.3 is 19.3 Å². The van der Waals surface area contributed by atoms with Crippen molar-refractivity contribution in [3.63, 3.8) is 0 Å². The monoisotopic (exact) mass is 431 g/mol. The Kier molecular flexibility index (Phi) is 6.01. The molecule has 0 spiro atoms. The Labute approximate surface area is 181 Å². The Morgan fingerprint density at radius 1 is 1.13 bits per heavy atom. The standard InChI is InChI=1S/C21H29N5O5/c1-4-30-15-9-7-14(8-10-15)24-11-6-12-25-17-18(22-20(24)25)23(3)21(29)26(19(17)28)13-16(27)31-5-2/h7-10,17-18,20,22H,4-6,11-13H2,1-3H3. The minimum atomic E-state index is -0.590. The molecule has 3 heterocycles. The van der Waals surface area contributed by atoms with Crippen LogP contribution in [-0.4, -0.2) is 91.0 Å². The van der Waals surface area contributed by atoms with Crippen LogP contribution in [0.2, 0.25) is 0 Å². The van der Waals surface area contributed by atoms with Gasteiger partial charge in [0.15, 0.2) is 0 Å². The normalized spacial score (nSPS) is 26.0. The molecular weight excluding hydrogens is 402 g/mol. The highest BCUT2D eigenvalue weighted by Crippen LogP contribution is 2.33. The Bertz CT molecular complexity index is 847. The van der Waals surface area contributed by atoms with Crippen LogP contribution in [0.25, 0.3) is 0 Å². The number of likely N-dealkylation sites (N-methyl/N-ethyl adjacent to an activating group) is 1. The van der Waals surface area contributed by atoms with Crippen molar-refractivity contribution < 1.29 is 23.9 Å². The van der Waals surface area contributed by atoms with Crippen LogP contribution >= 0.6 is 0 Å². The van der Waals surface area contributed by atoms with Gasteiger partial charge in [0.1, 0.15) is 30.8 Å². The molecule has 3 aliphatic heterocycles. The summed E-state index contributed by atoms with van der Waals surface area (Å²) >= 11 is 0. The number of hydrogen-bond donors (Lipinski definition) is 1. The number of esters is 1. The van der Waals surface area contributed by atoms with E-state index in [-0.39, 0.29) is 25.3 Å². The number of carbonyl (C=O) groups is 3. The third-order valence-electron chi connectivity index (χ3n) is 5.94. The van der Waals surface area contributed by atoms with E-state index >= 15 is 0 Å². The van der Waals surface area contributed by atoms with Gasteiger partial charge in [0, 0.05) is 25.8 Å². The van der Waals surface area contributed by atoms with Crippen molar-refractivity contribution in [2.24, 2.45) is 0 Å². The van der Waals surface area contributed by atoms with Crippen LogP contribution in [0, 0.1) is 0 Å². The zero-order valence-electron chi connectivity index (χ0n) is 18.1. The van der Waals surface area contributed by atoms with E-state index in [0.717, 1.165) is 29.3 Å². The number of benzene rings is 1. The summed E-state index contributed by atoms with van der Waals surface area (Å²) in [4.78, 5) is 44.8. The van der Waals surface area contributed by atoms with Gasteiger partial charge in [0.2, 0.25) is 0 Å². The predicted molar refractivity (Wildman–Crippen MR) is 112 cm³/mol. The summed E-state index contributed by atoms with van der Waals surface area (Å²) < 4.78 is 10.5. The minimum Gasteiger partial charge on any atom is -0.494 e. The average molecular weight is 431 g/mol. The van der Waals surface area contributed by atoms with Crippen LogP contribution in [-0.2, 0) is 14.3 Å². The number of nitrogens with one attached hydrogen (secondary N) is 1. The first-order valence-corrected chi connectivity index (χ1v) is 10.7. The fourth-order valence-electron chi connectivity index (χ4n) is 4.57.